The summed E-state index contributed by atoms with van der Waals surface area (Å²) in [6.45, 7) is 0.464. The van der Waals surface area contributed by atoms with Crippen LogP contribution in [0.4, 0.5) is 0 Å². The number of ether oxygens (including phenoxy) is 1. The fourth-order valence-corrected chi connectivity index (χ4v) is 2.82. The molecule has 1 heterocycles. The first kappa shape index (κ1) is 18.0. The maximum atomic E-state index is 11.8. The Morgan fingerprint density at radius 2 is 2.00 bits per heavy atom. The highest BCUT2D eigenvalue weighted by Crippen LogP contribution is 2.20. The average molecular weight is 348 g/mol. The largest absolute Gasteiger partial charge is 0.497 e. The van der Waals surface area contributed by atoms with Gasteiger partial charge >= 0.3 is 11.8 Å². The van der Waals surface area contributed by atoms with Crippen molar-refractivity contribution in [3.63, 3.8) is 0 Å². The number of thiophene rings is 1. The van der Waals surface area contributed by atoms with E-state index in [9.17, 15) is 14.7 Å². The summed E-state index contributed by atoms with van der Waals surface area (Å²) in [6.07, 6.45) is -0.278. The van der Waals surface area contributed by atoms with Gasteiger partial charge in [0.25, 0.3) is 0 Å². The summed E-state index contributed by atoms with van der Waals surface area (Å²) >= 11 is 1.45. The molecule has 2 aromatic rings. The van der Waals surface area contributed by atoms with E-state index in [1.165, 1.54) is 11.3 Å². The molecule has 0 aliphatic heterocycles. The van der Waals surface area contributed by atoms with Crippen LogP contribution >= 0.6 is 11.3 Å². The van der Waals surface area contributed by atoms with E-state index in [0.29, 0.717) is 12.2 Å². The number of rotatable bonds is 7. The van der Waals surface area contributed by atoms with Gasteiger partial charge in [0.15, 0.2) is 0 Å². The number of hydrogen-bond donors (Lipinski definition) is 3. The highest BCUT2D eigenvalue weighted by atomic mass is 32.1. The molecule has 24 heavy (non-hydrogen) atoms. The number of carbonyl (C=O) groups excluding carboxylic acids is 2. The van der Waals surface area contributed by atoms with E-state index in [1.807, 2.05) is 29.6 Å². The smallest absolute Gasteiger partial charge is 0.309 e. The molecule has 128 valence electrons. The molecule has 0 spiro atoms. The summed E-state index contributed by atoms with van der Waals surface area (Å²) in [7, 11) is 1.57. The fourth-order valence-electron chi connectivity index (χ4n) is 2.07. The SMILES string of the molecule is COc1cccc(CNC(=O)C(=O)NCCC(O)c2cccs2)c1. The van der Waals surface area contributed by atoms with Crippen LogP contribution in [0.5, 0.6) is 5.75 Å². The molecule has 0 fully saturated rings. The number of benzene rings is 1. The van der Waals surface area contributed by atoms with Crippen molar-refractivity contribution >= 4 is 23.2 Å². The molecule has 0 saturated carbocycles. The summed E-state index contributed by atoms with van der Waals surface area (Å²) < 4.78 is 5.10. The van der Waals surface area contributed by atoms with Gasteiger partial charge in [-0.2, -0.15) is 0 Å². The van der Waals surface area contributed by atoms with E-state index in [0.717, 1.165) is 10.4 Å². The van der Waals surface area contributed by atoms with Crippen molar-refractivity contribution in [3.8, 4) is 5.75 Å². The molecule has 0 saturated heterocycles. The van der Waals surface area contributed by atoms with Crippen LogP contribution in [0.25, 0.3) is 0 Å². The van der Waals surface area contributed by atoms with Crippen molar-refractivity contribution in [3.05, 3.63) is 52.2 Å². The Labute approximate surface area is 144 Å². The van der Waals surface area contributed by atoms with Crippen LogP contribution in [0.15, 0.2) is 41.8 Å². The molecule has 1 unspecified atom stereocenters. The minimum Gasteiger partial charge on any atom is -0.497 e. The van der Waals surface area contributed by atoms with Crippen LogP contribution in [-0.2, 0) is 16.1 Å². The fraction of sp³-hybridized carbons (Fsp3) is 0.294. The topological polar surface area (TPSA) is 87.7 Å². The van der Waals surface area contributed by atoms with Crippen molar-refractivity contribution in [1.29, 1.82) is 0 Å². The molecule has 1 atom stereocenters. The van der Waals surface area contributed by atoms with Crippen LogP contribution < -0.4 is 15.4 Å². The van der Waals surface area contributed by atoms with Crippen molar-refractivity contribution in [1.82, 2.24) is 10.6 Å². The normalized spacial score (nSPS) is 11.6. The third kappa shape index (κ3) is 5.36. The summed E-state index contributed by atoms with van der Waals surface area (Å²) in [4.78, 5) is 24.3. The van der Waals surface area contributed by atoms with Gasteiger partial charge in [-0.05, 0) is 35.6 Å². The molecule has 6 nitrogen and oxygen atoms in total. The molecule has 0 aliphatic carbocycles. The van der Waals surface area contributed by atoms with E-state index in [4.69, 9.17) is 4.74 Å². The number of nitrogens with one attached hydrogen (secondary N) is 2. The van der Waals surface area contributed by atoms with Gasteiger partial charge in [0.05, 0.1) is 13.2 Å². The Balaban J connectivity index is 1.71. The van der Waals surface area contributed by atoms with E-state index in [-0.39, 0.29) is 13.1 Å². The van der Waals surface area contributed by atoms with Gasteiger partial charge in [0, 0.05) is 18.0 Å². The second-order valence-corrected chi connectivity index (χ2v) is 6.09. The van der Waals surface area contributed by atoms with Gasteiger partial charge in [-0.3, -0.25) is 9.59 Å². The molecule has 1 aromatic heterocycles. The lowest BCUT2D eigenvalue weighted by Crippen LogP contribution is -2.40. The van der Waals surface area contributed by atoms with E-state index < -0.39 is 17.9 Å². The predicted molar refractivity (Wildman–Crippen MR) is 91.7 cm³/mol. The number of carbonyl (C=O) groups is 2. The van der Waals surface area contributed by atoms with Gasteiger partial charge < -0.3 is 20.5 Å². The van der Waals surface area contributed by atoms with Crippen LogP contribution in [0.1, 0.15) is 23.0 Å². The maximum Gasteiger partial charge on any atom is 0.309 e. The molecule has 0 aliphatic rings. The molecule has 1 aromatic carbocycles. The Morgan fingerprint density at radius 3 is 2.71 bits per heavy atom. The van der Waals surface area contributed by atoms with Crippen molar-refractivity contribution in [2.75, 3.05) is 13.7 Å². The summed E-state index contributed by atoms with van der Waals surface area (Å²) in [5.74, 6) is -0.728. The predicted octanol–water partition coefficient (Wildman–Crippen LogP) is 1.61. The molecule has 2 rings (SSSR count). The van der Waals surface area contributed by atoms with Crippen molar-refractivity contribution in [2.24, 2.45) is 0 Å². The lowest BCUT2D eigenvalue weighted by atomic mass is 10.2. The number of aliphatic hydroxyl groups is 1. The zero-order valence-corrected chi connectivity index (χ0v) is 14.1. The zero-order valence-electron chi connectivity index (χ0n) is 13.3. The number of amides is 2. The average Bonchev–Trinajstić information content (AvgIpc) is 3.14. The van der Waals surface area contributed by atoms with Crippen LogP contribution in [0, 0.1) is 0 Å². The molecule has 0 bridgehead atoms. The third-order valence-electron chi connectivity index (χ3n) is 3.37. The van der Waals surface area contributed by atoms with Gasteiger partial charge in [-0.25, -0.2) is 0 Å². The highest BCUT2D eigenvalue weighted by Gasteiger charge is 2.14. The Hall–Kier alpha value is -2.38. The summed E-state index contributed by atoms with van der Waals surface area (Å²) in [6, 6.07) is 10.9. The molecule has 0 radical (unpaired) electrons. The molecular formula is C17H20N2O4S. The minimum absolute atomic E-state index is 0.227. The molecule has 7 heteroatoms. The first-order valence-electron chi connectivity index (χ1n) is 7.50. The molecular weight excluding hydrogens is 328 g/mol. The Kier molecular flexibility index (Phi) is 6.77. The quantitative estimate of drug-likeness (QED) is 0.664. The standard InChI is InChI=1S/C17H20N2O4S/c1-23-13-5-2-4-12(10-13)11-19-17(22)16(21)18-8-7-14(20)15-6-3-9-24-15/h2-6,9-10,14,20H,7-8,11H2,1H3,(H,18,21)(H,19,22). The lowest BCUT2D eigenvalue weighted by molar-refractivity contribution is -0.139. The number of aliphatic hydroxyl groups excluding tert-OH is 1. The minimum atomic E-state index is -0.712. The Morgan fingerprint density at radius 1 is 1.21 bits per heavy atom. The maximum absolute atomic E-state index is 11.8. The van der Waals surface area contributed by atoms with Crippen LogP contribution in [0.2, 0.25) is 0 Å². The molecule has 3 N–H and O–H groups in total. The Bertz CT molecular complexity index is 673. The zero-order chi connectivity index (χ0) is 17.4. The third-order valence-corrected chi connectivity index (χ3v) is 4.34. The lowest BCUT2D eigenvalue weighted by Gasteiger charge is -2.10. The number of hydrogen-bond acceptors (Lipinski definition) is 5. The van der Waals surface area contributed by atoms with E-state index >= 15 is 0 Å². The van der Waals surface area contributed by atoms with E-state index in [2.05, 4.69) is 10.6 Å². The van der Waals surface area contributed by atoms with Crippen LogP contribution in [0.3, 0.4) is 0 Å². The summed E-state index contributed by atoms with van der Waals surface area (Å²) in [5, 5.41) is 16.8. The number of methoxy groups -OCH3 is 1. The van der Waals surface area contributed by atoms with Gasteiger partial charge in [-0.15, -0.1) is 11.3 Å². The first-order chi connectivity index (χ1) is 11.6. The van der Waals surface area contributed by atoms with E-state index in [1.54, 1.807) is 19.2 Å². The summed E-state index contributed by atoms with van der Waals surface area (Å²) in [5.41, 5.74) is 0.837. The monoisotopic (exact) mass is 348 g/mol. The van der Waals surface area contributed by atoms with Gasteiger partial charge in [-0.1, -0.05) is 18.2 Å². The van der Waals surface area contributed by atoms with Gasteiger partial charge in [0.2, 0.25) is 0 Å². The first-order valence-corrected chi connectivity index (χ1v) is 8.38. The van der Waals surface area contributed by atoms with Crippen molar-refractivity contribution in [2.45, 2.75) is 19.1 Å². The second-order valence-electron chi connectivity index (χ2n) is 5.11. The highest BCUT2D eigenvalue weighted by molar-refractivity contribution is 7.10. The van der Waals surface area contributed by atoms with Gasteiger partial charge in [0.1, 0.15) is 5.75 Å². The van der Waals surface area contributed by atoms with Crippen LogP contribution in [-0.4, -0.2) is 30.6 Å². The second kappa shape index (κ2) is 9.05. The molecule has 2 amide bonds. The van der Waals surface area contributed by atoms with Crippen molar-refractivity contribution < 1.29 is 19.4 Å².